The second-order valence-corrected chi connectivity index (χ2v) is 8.10. The first-order valence-electron chi connectivity index (χ1n) is 9.23. The fraction of sp³-hybridized carbons (Fsp3) is 0.571. The van der Waals surface area contributed by atoms with E-state index in [4.69, 9.17) is 4.74 Å². The van der Waals surface area contributed by atoms with Crippen LogP contribution >= 0.6 is 0 Å². The second kappa shape index (κ2) is 7.30. The molecule has 0 aromatic heterocycles. The maximum absolute atomic E-state index is 12.9. The summed E-state index contributed by atoms with van der Waals surface area (Å²) >= 11 is 0. The van der Waals surface area contributed by atoms with Crippen LogP contribution in [0.2, 0.25) is 0 Å². The quantitative estimate of drug-likeness (QED) is 0.830. The molecule has 2 fully saturated rings. The van der Waals surface area contributed by atoms with E-state index >= 15 is 0 Å². The monoisotopic (exact) mass is 342 g/mol. The standard InChI is InChI=1S/C21H30N2O2/c1-15(2)13-17-19(21(17,3)4)20(24)22-18-8-6-5-7-16(18)14-23-9-11-25-12-10-23/h5-8,13,17,19H,9-12,14H2,1-4H3,(H,22,24)/t17-,19+/m1/s1. The van der Waals surface area contributed by atoms with Crippen molar-refractivity contribution in [1.29, 1.82) is 0 Å². The average Bonchev–Trinajstić information content (AvgIpc) is 3.10. The molecular weight excluding hydrogens is 312 g/mol. The SMILES string of the molecule is CC(C)=C[C@@H]1[C@@H](C(=O)Nc2ccccc2CN2CCOCC2)C1(C)C. The number of rotatable bonds is 5. The fourth-order valence-electron chi connectivity index (χ4n) is 3.84. The largest absolute Gasteiger partial charge is 0.379 e. The molecule has 1 aromatic rings. The summed E-state index contributed by atoms with van der Waals surface area (Å²) in [5.74, 6) is 0.532. The third kappa shape index (κ3) is 4.13. The lowest BCUT2D eigenvalue weighted by atomic mass is 10.1. The summed E-state index contributed by atoms with van der Waals surface area (Å²) in [5.41, 5.74) is 3.44. The molecule has 2 aliphatic rings. The molecule has 3 rings (SSSR count). The van der Waals surface area contributed by atoms with E-state index in [0.717, 1.165) is 38.5 Å². The zero-order valence-corrected chi connectivity index (χ0v) is 15.8. The van der Waals surface area contributed by atoms with Gasteiger partial charge in [0.05, 0.1) is 19.1 Å². The Morgan fingerprint density at radius 2 is 1.96 bits per heavy atom. The van der Waals surface area contributed by atoms with Crippen LogP contribution in [0.25, 0.3) is 0 Å². The summed E-state index contributed by atoms with van der Waals surface area (Å²) in [5, 5.41) is 3.19. The van der Waals surface area contributed by atoms with Crippen LogP contribution in [0.15, 0.2) is 35.9 Å². The number of hydrogen-bond donors (Lipinski definition) is 1. The van der Waals surface area contributed by atoms with Gasteiger partial charge in [0, 0.05) is 25.3 Å². The van der Waals surface area contributed by atoms with Crippen molar-refractivity contribution in [2.24, 2.45) is 17.3 Å². The predicted octanol–water partition coefficient (Wildman–Crippen LogP) is 3.70. The Morgan fingerprint density at radius 3 is 2.64 bits per heavy atom. The van der Waals surface area contributed by atoms with Gasteiger partial charge in [0.2, 0.25) is 5.91 Å². The van der Waals surface area contributed by atoms with Crippen LogP contribution in [-0.4, -0.2) is 37.1 Å². The van der Waals surface area contributed by atoms with E-state index in [2.05, 4.69) is 50.1 Å². The molecule has 1 N–H and O–H groups in total. The number of benzene rings is 1. The Balaban J connectivity index is 1.69. The van der Waals surface area contributed by atoms with Gasteiger partial charge in [-0.05, 0) is 36.8 Å². The first kappa shape index (κ1) is 18.2. The topological polar surface area (TPSA) is 41.6 Å². The minimum Gasteiger partial charge on any atom is -0.379 e. The molecule has 25 heavy (non-hydrogen) atoms. The summed E-state index contributed by atoms with van der Waals surface area (Å²) in [6.45, 7) is 12.9. The van der Waals surface area contributed by atoms with Crippen molar-refractivity contribution in [3.8, 4) is 0 Å². The fourth-order valence-corrected chi connectivity index (χ4v) is 3.84. The first-order chi connectivity index (χ1) is 11.9. The Kier molecular flexibility index (Phi) is 5.30. The lowest BCUT2D eigenvalue weighted by molar-refractivity contribution is -0.118. The number of nitrogens with one attached hydrogen (secondary N) is 1. The summed E-state index contributed by atoms with van der Waals surface area (Å²) in [6.07, 6.45) is 2.24. The Bertz CT molecular complexity index is 656. The van der Waals surface area contributed by atoms with Crippen LogP contribution in [0.4, 0.5) is 5.69 Å². The van der Waals surface area contributed by atoms with Crippen LogP contribution in [0, 0.1) is 17.3 Å². The van der Waals surface area contributed by atoms with Gasteiger partial charge in [-0.25, -0.2) is 0 Å². The van der Waals surface area contributed by atoms with E-state index in [1.807, 2.05) is 18.2 Å². The number of para-hydroxylation sites is 1. The molecule has 1 saturated carbocycles. The number of carbonyl (C=O) groups excluding carboxylic acids is 1. The molecule has 1 aromatic carbocycles. The molecule has 0 unspecified atom stereocenters. The number of anilines is 1. The smallest absolute Gasteiger partial charge is 0.228 e. The van der Waals surface area contributed by atoms with Gasteiger partial charge in [0.15, 0.2) is 0 Å². The maximum atomic E-state index is 12.9. The van der Waals surface area contributed by atoms with Gasteiger partial charge >= 0.3 is 0 Å². The van der Waals surface area contributed by atoms with E-state index in [-0.39, 0.29) is 17.2 Å². The summed E-state index contributed by atoms with van der Waals surface area (Å²) in [4.78, 5) is 15.2. The van der Waals surface area contributed by atoms with Gasteiger partial charge < -0.3 is 10.1 Å². The van der Waals surface area contributed by atoms with Crippen molar-refractivity contribution in [2.45, 2.75) is 34.2 Å². The molecule has 2 atom stereocenters. The highest BCUT2D eigenvalue weighted by Crippen LogP contribution is 2.59. The summed E-state index contributed by atoms with van der Waals surface area (Å²) in [7, 11) is 0. The van der Waals surface area contributed by atoms with Gasteiger partial charge in [-0.2, -0.15) is 0 Å². The Hall–Kier alpha value is -1.65. The van der Waals surface area contributed by atoms with E-state index in [9.17, 15) is 4.79 Å². The Morgan fingerprint density at radius 1 is 1.28 bits per heavy atom. The van der Waals surface area contributed by atoms with E-state index < -0.39 is 0 Å². The molecule has 1 amide bonds. The minimum absolute atomic E-state index is 0.0422. The van der Waals surface area contributed by atoms with Crippen molar-refractivity contribution in [1.82, 2.24) is 4.90 Å². The predicted molar refractivity (Wildman–Crippen MR) is 101 cm³/mol. The highest BCUT2D eigenvalue weighted by Gasteiger charge is 2.60. The molecule has 1 saturated heterocycles. The lowest BCUT2D eigenvalue weighted by Gasteiger charge is -2.27. The third-order valence-electron chi connectivity index (χ3n) is 5.48. The molecule has 0 radical (unpaired) electrons. The second-order valence-electron chi connectivity index (χ2n) is 8.10. The van der Waals surface area contributed by atoms with Crippen LogP contribution < -0.4 is 5.32 Å². The third-order valence-corrected chi connectivity index (χ3v) is 5.48. The highest BCUT2D eigenvalue weighted by molar-refractivity contribution is 5.96. The van der Waals surface area contributed by atoms with Gasteiger partial charge in [-0.15, -0.1) is 0 Å². The van der Waals surface area contributed by atoms with E-state index in [1.54, 1.807) is 0 Å². The number of carbonyl (C=O) groups is 1. The van der Waals surface area contributed by atoms with Crippen molar-refractivity contribution in [2.75, 3.05) is 31.6 Å². The number of allylic oxidation sites excluding steroid dienone is 2. The molecule has 0 bridgehead atoms. The Labute approximate surface area is 151 Å². The molecular formula is C21H30N2O2. The van der Waals surface area contributed by atoms with Crippen molar-refractivity contribution in [3.05, 3.63) is 41.5 Å². The number of nitrogens with zero attached hydrogens (tertiary/aromatic N) is 1. The van der Waals surface area contributed by atoms with Crippen molar-refractivity contribution < 1.29 is 9.53 Å². The molecule has 1 aliphatic carbocycles. The molecule has 1 heterocycles. The number of amides is 1. The lowest BCUT2D eigenvalue weighted by Crippen LogP contribution is -2.35. The zero-order valence-electron chi connectivity index (χ0n) is 15.8. The summed E-state index contributed by atoms with van der Waals surface area (Å²) in [6, 6.07) is 8.15. The molecule has 4 heteroatoms. The van der Waals surface area contributed by atoms with Crippen LogP contribution in [0.5, 0.6) is 0 Å². The van der Waals surface area contributed by atoms with E-state index in [1.165, 1.54) is 11.1 Å². The highest BCUT2D eigenvalue weighted by atomic mass is 16.5. The van der Waals surface area contributed by atoms with Crippen molar-refractivity contribution >= 4 is 11.6 Å². The number of morpholine rings is 1. The molecule has 136 valence electrons. The minimum atomic E-state index is 0.0422. The normalized spacial score (nSPS) is 25.3. The van der Waals surface area contributed by atoms with Crippen LogP contribution in [0.3, 0.4) is 0 Å². The average molecular weight is 342 g/mol. The summed E-state index contributed by atoms with van der Waals surface area (Å²) < 4.78 is 5.42. The van der Waals surface area contributed by atoms with Crippen LogP contribution in [-0.2, 0) is 16.1 Å². The van der Waals surface area contributed by atoms with Gasteiger partial charge in [0.25, 0.3) is 0 Å². The first-order valence-corrected chi connectivity index (χ1v) is 9.23. The molecule has 1 aliphatic heterocycles. The number of hydrogen-bond acceptors (Lipinski definition) is 3. The van der Waals surface area contributed by atoms with Gasteiger partial charge in [-0.3, -0.25) is 9.69 Å². The van der Waals surface area contributed by atoms with Gasteiger partial charge in [0.1, 0.15) is 0 Å². The molecule has 4 nitrogen and oxygen atoms in total. The molecule has 0 spiro atoms. The number of ether oxygens (including phenoxy) is 1. The van der Waals surface area contributed by atoms with Crippen molar-refractivity contribution in [3.63, 3.8) is 0 Å². The maximum Gasteiger partial charge on any atom is 0.228 e. The van der Waals surface area contributed by atoms with E-state index in [0.29, 0.717) is 5.92 Å². The van der Waals surface area contributed by atoms with Crippen LogP contribution in [0.1, 0.15) is 33.3 Å². The zero-order chi connectivity index (χ0) is 18.0. The van der Waals surface area contributed by atoms with Gasteiger partial charge in [-0.1, -0.05) is 43.7 Å².